The molecule has 5 heteroatoms. The molecule has 70 valence electrons. The summed E-state index contributed by atoms with van der Waals surface area (Å²) in [5.74, 6) is 0.534. The van der Waals surface area contributed by atoms with Gasteiger partial charge in [0.1, 0.15) is 5.40 Å². The summed E-state index contributed by atoms with van der Waals surface area (Å²) in [4.78, 5) is 0. The molecule has 1 N–H and O–H groups in total. The SMILES string of the molecule is CCN=NCCCS(C)(O)C#N. The fourth-order valence-corrected chi connectivity index (χ4v) is 1.42. The van der Waals surface area contributed by atoms with E-state index >= 15 is 0 Å². The lowest BCUT2D eigenvalue weighted by molar-refractivity contribution is 0.637. The van der Waals surface area contributed by atoms with E-state index in [0.717, 1.165) is 6.42 Å². The number of azo groups is 1. The van der Waals surface area contributed by atoms with Gasteiger partial charge in [0.2, 0.25) is 0 Å². The normalized spacial score (nSPS) is 18.5. The number of rotatable bonds is 5. The van der Waals surface area contributed by atoms with Gasteiger partial charge >= 0.3 is 0 Å². The Hall–Kier alpha value is -0.600. The fraction of sp³-hybridized carbons (Fsp3) is 0.857. The average Bonchev–Trinajstić information content (AvgIpc) is 2.04. The van der Waals surface area contributed by atoms with Crippen LogP contribution >= 0.6 is 10.3 Å². The van der Waals surface area contributed by atoms with Crippen molar-refractivity contribution in [3.8, 4) is 5.40 Å². The molecule has 0 aromatic heterocycles. The zero-order valence-electron chi connectivity index (χ0n) is 7.53. The Morgan fingerprint density at radius 3 is 2.67 bits per heavy atom. The first kappa shape index (κ1) is 11.4. The number of hydrogen-bond acceptors (Lipinski definition) is 4. The molecule has 0 aromatic carbocycles. The van der Waals surface area contributed by atoms with Crippen LogP contribution in [-0.2, 0) is 0 Å². The molecular weight excluding hydrogens is 174 g/mol. The number of nitriles is 1. The van der Waals surface area contributed by atoms with Gasteiger partial charge in [0.05, 0.1) is 13.1 Å². The highest BCUT2D eigenvalue weighted by atomic mass is 32.3. The lowest BCUT2D eigenvalue weighted by atomic mass is 10.5. The van der Waals surface area contributed by atoms with Crippen molar-refractivity contribution in [1.82, 2.24) is 0 Å². The monoisotopic (exact) mass is 189 g/mol. The molecule has 0 rings (SSSR count). The molecule has 0 aliphatic rings. The molecule has 12 heavy (non-hydrogen) atoms. The summed E-state index contributed by atoms with van der Waals surface area (Å²) in [6.45, 7) is 3.22. The molecule has 0 saturated heterocycles. The van der Waals surface area contributed by atoms with Crippen molar-refractivity contribution in [3.05, 3.63) is 0 Å². The van der Waals surface area contributed by atoms with E-state index in [0.29, 0.717) is 18.8 Å². The number of thiocyanates is 1. The van der Waals surface area contributed by atoms with Crippen LogP contribution in [0.25, 0.3) is 0 Å². The van der Waals surface area contributed by atoms with E-state index < -0.39 is 10.3 Å². The Morgan fingerprint density at radius 2 is 2.17 bits per heavy atom. The van der Waals surface area contributed by atoms with Gasteiger partial charge in [0.25, 0.3) is 0 Å². The van der Waals surface area contributed by atoms with E-state index in [2.05, 4.69) is 10.2 Å². The fourth-order valence-electron chi connectivity index (χ4n) is 0.633. The molecule has 0 aliphatic heterocycles. The van der Waals surface area contributed by atoms with Gasteiger partial charge in [0.15, 0.2) is 0 Å². The van der Waals surface area contributed by atoms with Crippen LogP contribution in [-0.4, -0.2) is 29.7 Å². The molecule has 0 heterocycles. The van der Waals surface area contributed by atoms with E-state index in [4.69, 9.17) is 5.26 Å². The van der Waals surface area contributed by atoms with Crippen molar-refractivity contribution < 1.29 is 4.55 Å². The van der Waals surface area contributed by atoms with Crippen molar-refractivity contribution >= 4 is 10.3 Å². The van der Waals surface area contributed by atoms with Gasteiger partial charge in [0, 0.05) is 5.75 Å². The smallest absolute Gasteiger partial charge is 0.137 e. The van der Waals surface area contributed by atoms with Crippen LogP contribution in [0.15, 0.2) is 10.2 Å². The third-order valence-electron chi connectivity index (χ3n) is 1.24. The van der Waals surface area contributed by atoms with Crippen molar-refractivity contribution in [2.24, 2.45) is 10.2 Å². The topological polar surface area (TPSA) is 68.7 Å². The minimum absolute atomic E-state index is 0.534. The van der Waals surface area contributed by atoms with Crippen molar-refractivity contribution in [2.75, 3.05) is 25.1 Å². The predicted molar refractivity (Wildman–Crippen MR) is 51.5 cm³/mol. The molecule has 1 atom stereocenters. The third-order valence-corrected chi connectivity index (χ3v) is 2.71. The standard InChI is InChI=1S/C7H15N3OS/c1-3-9-10-5-4-6-12(2,11)7-8/h11H,3-6H2,1-2H3. The highest BCUT2D eigenvalue weighted by molar-refractivity contribution is 8.32. The molecule has 0 saturated carbocycles. The van der Waals surface area contributed by atoms with Crippen LogP contribution in [0.1, 0.15) is 13.3 Å². The highest BCUT2D eigenvalue weighted by Crippen LogP contribution is 2.37. The lowest BCUT2D eigenvalue weighted by Crippen LogP contribution is -2.00. The quantitative estimate of drug-likeness (QED) is 0.409. The summed E-state index contributed by atoms with van der Waals surface area (Å²) in [5, 5.41) is 18.0. The molecule has 0 bridgehead atoms. The molecular formula is C7H15N3OS. The maximum Gasteiger partial charge on any atom is 0.137 e. The first-order valence-electron chi connectivity index (χ1n) is 3.85. The summed E-state index contributed by atoms with van der Waals surface area (Å²) < 4.78 is 9.33. The van der Waals surface area contributed by atoms with Gasteiger partial charge in [-0.3, -0.25) is 0 Å². The number of hydrogen-bond donors (Lipinski definition) is 1. The van der Waals surface area contributed by atoms with Crippen molar-refractivity contribution in [3.63, 3.8) is 0 Å². The van der Waals surface area contributed by atoms with Crippen molar-refractivity contribution in [2.45, 2.75) is 13.3 Å². The van der Waals surface area contributed by atoms with Crippen LogP contribution in [0.3, 0.4) is 0 Å². The first-order chi connectivity index (χ1) is 5.62. The second-order valence-electron chi connectivity index (χ2n) is 2.51. The van der Waals surface area contributed by atoms with E-state index in [-0.39, 0.29) is 0 Å². The summed E-state index contributed by atoms with van der Waals surface area (Å²) in [6, 6.07) is 0. The van der Waals surface area contributed by atoms with Gasteiger partial charge in [-0.05, 0) is 19.6 Å². The maximum absolute atomic E-state index is 9.33. The Kier molecular flexibility index (Phi) is 5.68. The summed E-state index contributed by atoms with van der Waals surface area (Å²) in [6.07, 6.45) is 2.32. The van der Waals surface area contributed by atoms with Crippen LogP contribution in [0.2, 0.25) is 0 Å². The maximum atomic E-state index is 9.33. The molecule has 0 spiro atoms. The van der Waals surface area contributed by atoms with E-state index in [1.807, 2.05) is 12.3 Å². The predicted octanol–water partition coefficient (Wildman–Crippen LogP) is 2.24. The number of nitrogens with zero attached hydrogens (tertiary/aromatic N) is 3. The molecule has 0 radical (unpaired) electrons. The minimum Gasteiger partial charge on any atom is -0.339 e. The molecule has 0 aromatic rings. The van der Waals surface area contributed by atoms with Crippen LogP contribution in [0.4, 0.5) is 0 Å². The minimum atomic E-state index is -2.00. The second-order valence-corrected chi connectivity index (χ2v) is 5.18. The first-order valence-corrected chi connectivity index (χ1v) is 6.01. The molecule has 1 unspecified atom stereocenters. The Bertz CT molecular complexity index is 186. The molecule has 0 amide bonds. The van der Waals surface area contributed by atoms with Gasteiger partial charge in [-0.1, -0.05) is 10.3 Å². The average molecular weight is 189 g/mol. The summed E-state index contributed by atoms with van der Waals surface area (Å²) >= 11 is 0. The van der Waals surface area contributed by atoms with Gasteiger partial charge in [-0.15, -0.1) is 0 Å². The molecule has 4 nitrogen and oxygen atoms in total. The van der Waals surface area contributed by atoms with E-state index in [9.17, 15) is 4.55 Å². The van der Waals surface area contributed by atoms with E-state index in [1.165, 1.54) is 0 Å². The van der Waals surface area contributed by atoms with Gasteiger partial charge in [-0.25, -0.2) is 0 Å². The third kappa shape index (κ3) is 6.13. The van der Waals surface area contributed by atoms with Gasteiger partial charge < -0.3 is 4.55 Å². The van der Waals surface area contributed by atoms with Crippen molar-refractivity contribution in [1.29, 1.82) is 5.26 Å². The summed E-state index contributed by atoms with van der Waals surface area (Å²) in [7, 11) is -2.00. The highest BCUT2D eigenvalue weighted by Gasteiger charge is 2.10. The Morgan fingerprint density at radius 1 is 1.50 bits per heavy atom. The molecule has 0 aliphatic carbocycles. The largest absolute Gasteiger partial charge is 0.339 e. The van der Waals surface area contributed by atoms with Gasteiger partial charge in [-0.2, -0.15) is 15.5 Å². The Balaban J connectivity index is 3.45. The lowest BCUT2D eigenvalue weighted by Gasteiger charge is -2.17. The summed E-state index contributed by atoms with van der Waals surface area (Å²) in [5.41, 5.74) is 0. The molecule has 0 fully saturated rings. The second kappa shape index (κ2) is 5.98. The van der Waals surface area contributed by atoms with E-state index in [1.54, 1.807) is 6.26 Å². The Labute approximate surface area is 74.8 Å². The van der Waals surface area contributed by atoms with Crippen LogP contribution < -0.4 is 0 Å². The zero-order valence-corrected chi connectivity index (χ0v) is 8.34. The van der Waals surface area contributed by atoms with Crippen LogP contribution in [0.5, 0.6) is 0 Å². The van der Waals surface area contributed by atoms with Crippen LogP contribution in [0, 0.1) is 10.7 Å². The zero-order chi connectivity index (χ0) is 9.45.